The lowest BCUT2D eigenvalue weighted by atomic mass is 10.3. The van der Waals surface area contributed by atoms with Crippen LogP contribution in [0.5, 0.6) is 11.6 Å². The van der Waals surface area contributed by atoms with Crippen LogP contribution in [0.4, 0.5) is 5.69 Å². The Bertz CT molecular complexity index is 710. The van der Waals surface area contributed by atoms with Crippen molar-refractivity contribution in [1.82, 2.24) is 14.3 Å². The van der Waals surface area contributed by atoms with Crippen LogP contribution in [0.15, 0.2) is 30.6 Å². The fourth-order valence-corrected chi connectivity index (χ4v) is 2.39. The van der Waals surface area contributed by atoms with Crippen molar-refractivity contribution in [3.05, 3.63) is 36.3 Å². The highest BCUT2D eigenvalue weighted by Crippen LogP contribution is 2.31. The first kappa shape index (κ1) is 10.9. The van der Waals surface area contributed by atoms with Gasteiger partial charge in [0.05, 0.1) is 11.1 Å². The van der Waals surface area contributed by atoms with Gasteiger partial charge in [0.1, 0.15) is 12.1 Å². The summed E-state index contributed by atoms with van der Waals surface area (Å²) in [7, 11) is 0. The van der Waals surface area contributed by atoms with E-state index in [2.05, 4.69) is 14.3 Å². The van der Waals surface area contributed by atoms with Gasteiger partial charge in [-0.25, -0.2) is 9.97 Å². The van der Waals surface area contributed by atoms with Crippen LogP contribution in [0.3, 0.4) is 0 Å². The Hall–Kier alpha value is -2.21. The monoisotopic (exact) mass is 258 g/mol. The van der Waals surface area contributed by atoms with Crippen molar-refractivity contribution in [1.29, 1.82) is 0 Å². The molecule has 3 aromatic rings. The average molecular weight is 258 g/mol. The molecule has 1 aromatic carbocycles. The molecule has 6 heteroatoms. The quantitative estimate of drug-likeness (QED) is 0.715. The Kier molecular flexibility index (Phi) is 2.56. The number of nitrogens with two attached hydrogens (primary N) is 1. The minimum atomic E-state index is 0.511. The van der Waals surface area contributed by atoms with E-state index in [1.807, 2.05) is 19.1 Å². The predicted octanol–water partition coefficient (Wildman–Crippen LogP) is 2.77. The molecule has 0 spiro atoms. The number of ether oxygens (including phenoxy) is 1. The van der Waals surface area contributed by atoms with Crippen LogP contribution >= 0.6 is 11.5 Å². The van der Waals surface area contributed by atoms with E-state index < -0.39 is 0 Å². The van der Waals surface area contributed by atoms with Crippen molar-refractivity contribution in [3.63, 3.8) is 0 Å². The largest absolute Gasteiger partial charge is 0.438 e. The van der Waals surface area contributed by atoms with Crippen LogP contribution in [0.1, 0.15) is 5.69 Å². The highest BCUT2D eigenvalue weighted by Gasteiger charge is 2.11. The summed E-state index contributed by atoms with van der Waals surface area (Å²) >= 11 is 1.34. The molecule has 2 aromatic heterocycles. The van der Waals surface area contributed by atoms with Gasteiger partial charge in [-0.05, 0) is 30.6 Å². The van der Waals surface area contributed by atoms with Gasteiger partial charge in [0.2, 0.25) is 5.88 Å². The molecule has 0 unspecified atom stereocenters. The maximum absolute atomic E-state index is 5.75. The molecule has 0 saturated carbocycles. The standard InChI is InChI=1S/C12H10N4OS/c1-7-10-11(14-6-15-12(10)18-16-7)17-9-4-2-3-8(13)5-9/h2-6H,13H2,1H3. The Balaban J connectivity index is 2.07. The Morgan fingerprint density at radius 2 is 2.17 bits per heavy atom. The van der Waals surface area contributed by atoms with Gasteiger partial charge in [-0.3, -0.25) is 0 Å². The molecule has 90 valence electrons. The Morgan fingerprint density at radius 3 is 3.00 bits per heavy atom. The molecule has 0 saturated heterocycles. The van der Waals surface area contributed by atoms with E-state index >= 15 is 0 Å². The molecule has 0 amide bonds. The van der Waals surface area contributed by atoms with Gasteiger partial charge in [0.15, 0.2) is 4.83 Å². The van der Waals surface area contributed by atoms with Crippen LogP contribution in [0.25, 0.3) is 10.2 Å². The van der Waals surface area contributed by atoms with Gasteiger partial charge < -0.3 is 10.5 Å². The number of hydrogen-bond acceptors (Lipinski definition) is 6. The minimum absolute atomic E-state index is 0.511. The van der Waals surface area contributed by atoms with Crippen molar-refractivity contribution in [3.8, 4) is 11.6 Å². The number of fused-ring (bicyclic) bond motifs is 1. The zero-order chi connectivity index (χ0) is 12.5. The average Bonchev–Trinajstić information content (AvgIpc) is 2.72. The summed E-state index contributed by atoms with van der Waals surface area (Å²) in [6.45, 7) is 1.91. The Morgan fingerprint density at radius 1 is 1.28 bits per heavy atom. The first-order chi connectivity index (χ1) is 8.74. The third-order valence-electron chi connectivity index (χ3n) is 2.48. The molecular formula is C12H10N4OS. The summed E-state index contributed by atoms with van der Waals surface area (Å²) in [6.07, 6.45) is 1.47. The van der Waals surface area contributed by atoms with Gasteiger partial charge in [-0.2, -0.15) is 4.37 Å². The van der Waals surface area contributed by atoms with Crippen molar-refractivity contribution >= 4 is 27.4 Å². The number of hydrogen-bond donors (Lipinski definition) is 1. The number of benzene rings is 1. The predicted molar refractivity (Wildman–Crippen MR) is 70.9 cm³/mol. The number of aryl methyl sites for hydroxylation is 1. The van der Waals surface area contributed by atoms with Crippen LogP contribution in [-0.2, 0) is 0 Å². The molecule has 0 aliphatic rings. The zero-order valence-corrected chi connectivity index (χ0v) is 10.4. The van der Waals surface area contributed by atoms with Gasteiger partial charge in [0.25, 0.3) is 0 Å². The summed E-state index contributed by atoms with van der Waals surface area (Å²) in [5.74, 6) is 1.16. The van der Waals surface area contributed by atoms with Crippen molar-refractivity contribution in [2.24, 2.45) is 0 Å². The van der Waals surface area contributed by atoms with E-state index in [9.17, 15) is 0 Å². The molecule has 2 heterocycles. The fourth-order valence-electron chi connectivity index (χ4n) is 1.66. The number of aromatic nitrogens is 3. The normalized spacial score (nSPS) is 10.7. The van der Waals surface area contributed by atoms with Crippen molar-refractivity contribution < 1.29 is 4.74 Å². The summed E-state index contributed by atoms with van der Waals surface area (Å²) in [6, 6.07) is 7.23. The summed E-state index contributed by atoms with van der Waals surface area (Å²) in [5, 5.41) is 0.852. The van der Waals surface area contributed by atoms with E-state index in [1.54, 1.807) is 12.1 Å². The third kappa shape index (κ3) is 1.86. The second-order valence-electron chi connectivity index (χ2n) is 3.80. The highest BCUT2D eigenvalue weighted by molar-refractivity contribution is 7.13. The van der Waals surface area contributed by atoms with E-state index in [-0.39, 0.29) is 0 Å². The lowest BCUT2D eigenvalue weighted by Gasteiger charge is -2.06. The van der Waals surface area contributed by atoms with E-state index in [0.29, 0.717) is 17.3 Å². The topological polar surface area (TPSA) is 73.9 Å². The highest BCUT2D eigenvalue weighted by atomic mass is 32.1. The van der Waals surface area contributed by atoms with Gasteiger partial charge in [-0.15, -0.1) is 0 Å². The molecule has 2 N–H and O–H groups in total. The maximum atomic E-state index is 5.75. The molecule has 3 rings (SSSR count). The van der Waals surface area contributed by atoms with Crippen LogP contribution in [-0.4, -0.2) is 14.3 Å². The van der Waals surface area contributed by atoms with Crippen LogP contribution in [0, 0.1) is 6.92 Å². The molecule has 0 atom stereocenters. The molecule has 5 nitrogen and oxygen atoms in total. The van der Waals surface area contributed by atoms with E-state index in [0.717, 1.165) is 15.9 Å². The maximum Gasteiger partial charge on any atom is 0.232 e. The molecule has 0 aliphatic carbocycles. The molecule has 0 fully saturated rings. The molecule has 0 aliphatic heterocycles. The smallest absolute Gasteiger partial charge is 0.232 e. The second kappa shape index (κ2) is 4.23. The van der Waals surface area contributed by atoms with Gasteiger partial charge in [-0.1, -0.05) is 6.07 Å². The van der Waals surface area contributed by atoms with E-state index in [4.69, 9.17) is 10.5 Å². The molecular weight excluding hydrogens is 248 g/mol. The second-order valence-corrected chi connectivity index (χ2v) is 4.55. The molecule has 18 heavy (non-hydrogen) atoms. The van der Waals surface area contributed by atoms with Gasteiger partial charge >= 0.3 is 0 Å². The first-order valence-electron chi connectivity index (χ1n) is 5.34. The molecule has 0 radical (unpaired) electrons. The zero-order valence-electron chi connectivity index (χ0n) is 9.62. The van der Waals surface area contributed by atoms with Crippen molar-refractivity contribution in [2.45, 2.75) is 6.92 Å². The fraction of sp³-hybridized carbons (Fsp3) is 0.0833. The third-order valence-corrected chi connectivity index (χ3v) is 3.33. The van der Waals surface area contributed by atoms with Crippen LogP contribution < -0.4 is 10.5 Å². The van der Waals surface area contributed by atoms with E-state index in [1.165, 1.54) is 17.9 Å². The summed E-state index contributed by atoms with van der Waals surface area (Å²) in [5.41, 5.74) is 7.23. The number of rotatable bonds is 2. The molecule has 0 bridgehead atoms. The SMILES string of the molecule is Cc1nsc2ncnc(Oc3cccc(N)c3)c12. The first-order valence-corrected chi connectivity index (χ1v) is 6.12. The van der Waals surface area contributed by atoms with Crippen molar-refractivity contribution in [2.75, 3.05) is 5.73 Å². The van der Waals surface area contributed by atoms with Gasteiger partial charge in [0, 0.05) is 11.8 Å². The minimum Gasteiger partial charge on any atom is -0.438 e. The number of nitrogens with zero attached hydrogens (tertiary/aromatic N) is 3. The summed E-state index contributed by atoms with van der Waals surface area (Å²) < 4.78 is 10.00. The van der Waals surface area contributed by atoms with Crippen LogP contribution in [0.2, 0.25) is 0 Å². The lowest BCUT2D eigenvalue weighted by Crippen LogP contribution is -1.92. The lowest BCUT2D eigenvalue weighted by molar-refractivity contribution is 0.468. The number of nitrogen functional groups attached to an aromatic ring is 1. The Labute approximate surface area is 107 Å². The summed E-state index contributed by atoms with van der Waals surface area (Å²) in [4.78, 5) is 9.14. The number of anilines is 1.